The third kappa shape index (κ3) is 5.69. The van der Waals surface area contributed by atoms with Crippen molar-refractivity contribution in [2.75, 3.05) is 39.2 Å². The van der Waals surface area contributed by atoms with E-state index in [-0.39, 0.29) is 18.6 Å². The number of ether oxygens (including phenoxy) is 3. The molecule has 0 saturated carbocycles. The molecule has 1 aromatic heterocycles. The van der Waals surface area contributed by atoms with E-state index >= 15 is 0 Å². The smallest absolute Gasteiger partial charge is 0.238 e. The van der Waals surface area contributed by atoms with Crippen LogP contribution in [0.25, 0.3) is 0 Å². The summed E-state index contributed by atoms with van der Waals surface area (Å²) in [4.78, 5) is 16.1. The second-order valence-corrected chi connectivity index (χ2v) is 7.53. The highest BCUT2D eigenvalue weighted by Crippen LogP contribution is 2.29. The van der Waals surface area contributed by atoms with Crippen LogP contribution in [0.4, 0.5) is 5.69 Å². The predicted molar refractivity (Wildman–Crippen MR) is 107 cm³/mol. The Bertz CT molecular complexity index is 730. The zero-order valence-electron chi connectivity index (χ0n) is 15.8. The summed E-state index contributed by atoms with van der Waals surface area (Å²) in [6.45, 7) is 2.59. The number of carbonyl (C=O) groups is 1. The molecule has 1 amide bonds. The molecule has 27 heavy (non-hydrogen) atoms. The first-order valence-corrected chi connectivity index (χ1v) is 9.94. The van der Waals surface area contributed by atoms with Crippen molar-refractivity contribution in [3.8, 4) is 11.5 Å². The van der Waals surface area contributed by atoms with Crippen LogP contribution in [0.5, 0.6) is 11.5 Å². The highest BCUT2D eigenvalue weighted by Gasteiger charge is 2.22. The highest BCUT2D eigenvalue weighted by molar-refractivity contribution is 7.09. The van der Waals surface area contributed by atoms with Gasteiger partial charge in [-0.1, -0.05) is 6.07 Å². The summed E-state index contributed by atoms with van der Waals surface area (Å²) < 4.78 is 16.3. The summed E-state index contributed by atoms with van der Waals surface area (Å²) in [5.41, 5.74) is 0.607. The molecule has 7 heteroatoms. The van der Waals surface area contributed by atoms with Gasteiger partial charge in [0.05, 0.1) is 32.6 Å². The first-order valence-electron chi connectivity index (χ1n) is 9.06. The lowest BCUT2D eigenvalue weighted by Crippen LogP contribution is -2.37. The molecule has 1 saturated heterocycles. The van der Waals surface area contributed by atoms with Crippen LogP contribution in [0.3, 0.4) is 0 Å². The summed E-state index contributed by atoms with van der Waals surface area (Å²) in [6.07, 6.45) is 2.33. The molecule has 2 aromatic rings. The van der Waals surface area contributed by atoms with Crippen molar-refractivity contribution < 1.29 is 19.0 Å². The summed E-state index contributed by atoms with van der Waals surface area (Å²) >= 11 is 1.70. The third-order valence-corrected chi connectivity index (χ3v) is 5.35. The minimum atomic E-state index is -0.0869. The van der Waals surface area contributed by atoms with E-state index in [1.807, 2.05) is 6.07 Å². The number of nitrogens with one attached hydrogen (secondary N) is 1. The number of hydrogen-bond acceptors (Lipinski definition) is 6. The van der Waals surface area contributed by atoms with Gasteiger partial charge in [0.25, 0.3) is 0 Å². The predicted octanol–water partition coefficient (Wildman–Crippen LogP) is 3.39. The molecule has 1 atom stereocenters. The second-order valence-electron chi connectivity index (χ2n) is 6.50. The molecular formula is C20H26N2O4S. The van der Waals surface area contributed by atoms with Crippen LogP contribution in [-0.2, 0) is 16.1 Å². The normalized spacial score (nSPS) is 16.5. The van der Waals surface area contributed by atoms with E-state index in [0.29, 0.717) is 17.2 Å². The Morgan fingerprint density at radius 2 is 2.22 bits per heavy atom. The monoisotopic (exact) mass is 390 g/mol. The van der Waals surface area contributed by atoms with Crippen molar-refractivity contribution in [3.63, 3.8) is 0 Å². The van der Waals surface area contributed by atoms with Gasteiger partial charge < -0.3 is 19.5 Å². The Morgan fingerprint density at radius 1 is 1.33 bits per heavy atom. The molecule has 3 rings (SSSR count). The van der Waals surface area contributed by atoms with Gasteiger partial charge in [0.2, 0.25) is 5.91 Å². The lowest BCUT2D eigenvalue weighted by molar-refractivity contribution is -0.117. The Balaban J connectivity index is 1.66. The lowest BCUT2D eigenvalue weighted by Gasteiger charge is -2.24. The largest absolute Gasteiger partial charge is 0.497 e. The van der Waals surface area contributed by atoms with E-state index in [9.17, 15) is 4.79 Å². The first kappa shape index (κ1) is 19.7. The number of benzene rings is 1. The molecule has 1 N–H and O–H groups in total. The van der Waals surface area contributed by atoms with E-state index in [1.54, 1.807) is 43.8 Å². The van der Waals surface area contributed by atoms with Crippen LogP contribution in [-0.4, -0.2) is 50.8 Å². The highest BCUT2D eigenvalue weighted by atomic mass is 32.1. The van der Waals surface area contributed by atoms with Gasteiger partial charge in [-0.2, -0.15) is 0 Å². The maximum Gasteiger partial charge on any atom is 0.238 e. The van der Waals surface area contributed by atoms with E-state index in [0.717, 1.165) is 32.5 Å². The number of hydrogen-bond donors (Lipinski definition) is 1. The standard InChI is InChI=1S/C20H26N2O4S/c1-24-15-7-8-19(25-2)18(11-15)21-20(23)14-22(12-16-5-3-9-26-16)13-17-6-4-10-27-17/h4,6-8,10-11,16H,3,5,9,12-14H2,1-2H3,(H,21,23). The summed E-state index contributed by atoms with van der Waals surface area (Å²) in [5, 5.41) is 5.00. The van der Waals surface area contributed by atoms with Crippen LogP contribution >= 0.6 is 11.3 Å². The van der Waals surface area contributed by atoms with Crippen LogP contribution in [0, 0.1) is 0 Å². The van der Waals surface area contributed by atoms with Crippen molar-refractivity contribution in [3.05, 3.63) is 40.6 Å². The Hall–Kier alpha value is -2.09. The fourth-order valence-corrected chi connectivity index (χ4v) is 3.93. The molecule has 2 heterocycles. The fraction of sp³-hybridized carbons (Fsp3) is 0.450. The van der Waals surface area contributed by atoms with Crippen LogP contribution in [0.1, 0.15) is 17.7 Å². The van der Waals surface area contributed by atoms with Gasteiger partial charge in [0.1, 0.15) is 11.5 Å². The van der Waals surface area contributed by atoms with Crippen molar-refractivity contribution in [1.82, 2.24) is 4.90 Å². The van der Waals surface area contributed by atoms with Crippen LogP contribution < -0.4 is 14.8 Å². The van der Waals surface area contributed by atoms with E-state index in [1.165, 1.54) is 4.88 Å². The molecule has 6 nitrogen and oxygen atoms in total. The Kier molecular flexibility index (Phi) is 7.09. The topological polar surface area (TPSA) is 60.0 Å². The first-order chi connectivity index (χ1) is 13.2. The number of nitrogens with zero attached hydrogens (tertiary/aromatic N) is 1. The number of thiophene rings is 1. The zero-order chi connectivity index (χ0) is 19.1. The van der Waals surface area contributed by atoms with Gasteiger partial charge in [-0.25, -0.2) is 0 Å². The minimum absolute atomic E-state index is 0.0869. The lowest BCUT2D eigenvalue weighted by atomic mass is 10.2. The van der Waals surface area contributed by atoms with E-state index < -0.39 is 0 Å². The Labute approximate surface area is 164 Å². The number of carbonyl (C=O) groups excluding carboxylic acids is 1. The summed E-state index contributed by atoms with van der Waals surface area (Å²) in [5.74, 6) is 1.19. The molecule has 0 bridgehead atoms. The van der Waals surface area contributed by atoms with Gasteiger partial charge >= 0.3 is 0 Å². The molecule has 146 valence electrons. The number of amides is 1. The SMILES string of the molecule is COc1ccc(OC)c(NC(=O)CN(Cc2cccs2)CC2CCCO2)c1. The molecule has 1 aromatic carbocycles. The molecule has 1 aliphatic heterocycles. The maximum absolute atomic E-state index is 12.7. The molecular weight excluding hydrogens is 364 g/mol. The summed E-state index contributed by atoms with van der Waals surface area (Å²) in [7, 11) is 3.18. The number of rotatable bonds is 9. The van der Waals surface area contributed by atoms with Gasteiger partial charge in [-0.15, -0.1) is 11.3 Å². The Morgan fingerprint density at radius 3 is 2.89 bits per heavy atom. The van der Waals surface area contributed by atoms with Gasteiger partial charge in [0.15, 0.2) is 0 Å². The van der Waals surface area contributed by atoms with Crippen LogP contribution in [0.15, 0.2) is 35.7 Å². The number of methoxy groups -OCH3 is 2. The maximum atomic E-state index is 12.7. The molecule has 0 spiro atoms. The zero-order valence-corrected chi connectivity index (χ0v) is 16.6. The molecule has 0 radical (unpaired) electrons. The minimum Gasteiger partial charge on any atom is -0.497 e. The van der Waals surface area contributed by atoms with Gasteiger partial charge in [0, 0.05) is 30.6 Å². The quantitative estimate of drug-likeness (QED) is 0.711. The summed E-state index contributed by atoms with van der Waals surface area (Å²) in [6, 6.07) is 9.47. The van der Waals surface area contributed by atoms with Crippen molar-refractivity contribution in [1.29, 1.82) is 0 Å². The van der Waals surface area contributed by atoms with Crippen LogP contribution in [0.2, 0.25) is 0 Å². The fourth-order valence-electron chi connectivity index (χ4n) is 3.19. The molecule has 1 aliphatic rings. The molecule has 1 unspecified atom stereocenters. The van der Waals surface area contributed by atoms with E-state index in [4.69, 9.17) is 14.2 Å². The average Bonchev–Trinajstić information content (AvgIpc) is 3.35. The van der Waals surface area contributed by atoms with Crippen molar-refractivity contribution in [2.24, 2.45) is 0 Å². The number of anilines is 1. The average molecular weight is 391 g/mol. The van der Waals surface area contributed by atoms with Crippen molar-refractivity contribution in [2.45, 2.75) is 25.5 Å². The second kappa shape index (κ2) is 9.73. The van der Waals surface area contributed by atoms with Gasteiger partial charge in [-0.05, 0) is 36.4 Å². The third-order valence-electron chi connectivity index (χ3n) is 4.49. The van der Waals surface area contributed by atoms with Crippen molar-refractivity contribution >= 4 is 22.9 Å². The van der Waals surface area contributed by atoms with E-state index in [2.05, 4.69) is 21.7 Å². The molecule has 1 fully saturated rings. The van der Waals surface area contributed by atoms with Gasteiger partial charge in [-0.3, -0.25) is 9.69 Å². The molecule has 0 aliphatic carbocycles.